The lowest BCUT2D eigenvalue weighted by Gasteiger charge is -2.05. The predicted octanol–water partition coefficient (Wildman–Crippen LogP) is 6.58. The number of nitro benzene ring substituents is 1. The highest BCUT2D eigenvalue weighted by atomic mass is 79.9. The smallest absolute Gasteiger partial charge is 0.269 e. The van der Waals surface area contributed by atoms with Crippen molar-refractivity contribution in [1.29, 1.82) is 0 Å². The Morgan fingerprint density at radius 2 is 1.85 bits per heavy atom. The summed E-state index contributed by atoms with van der Waals surface area (Å²) < 4.78 is 12.6. The van der Waals surface area contributed by atoms with Crippen molar-refractivity contribution in [3.8, 4) is 11.5 Å². The average molecular weight is 453 g/mol. The third-order valence-electron chi connectivity index (χ3n) is 3.45. The van der Waals surface area contributed by atoms with Gasteiger partial charge < -0.3 is 9.47 Å². The van der Waals surface area contributed by atoms with Crippen molar-refractivity contribution in [1.82, 2.24) is 4.98 Å². The summed E-state index contributed by atoms with van der Waals surface area (Å²) in [5.74, 6) is 1.23. The number of thiophene rings is 1. The highest BCUT2D eigenvalue weighted by Crippen LogP contribution is 2.37. The van der Waals surface area contributed by atoms with Gasteiger partial charge in [0.2, 0.25) is 0 Å². The number of hydrogen-bond donors (Lipinski definition) is 0. The Morgan fingerprint density at radius 1 is 1.19 bits per heavy atom. The molecule has 0 bridgehead atoms. The summed E-state index contributed by atoms with van der Waals surface area (Å²) in [6, 6.07) is 9.67. The highest BCUT2D eigenvalue weighted by Gasteiger charge is 2.09. The van der Waals surface area contributed by atoms with E-state index >= 15 is 0 Å². The first kappa shape index (κ1) is 21.3. The number of aromatic nitrogens is 1. The molecule has 0 unspecified atom stereocenters. The fourth-order valence-corrected chi connectivity index (χ4v) is 3.73. The van der Waals surface area contributed by atoms with Gasteiger partial charge in [-0.15, -0.1) is 11.3 Å². The van der Waals surface area contributed by atoms with Crippen LogP contribution in [0.3, 0.4) is 0 Å². The van der Waals surface area contributed by atoms with E-state index in [4.69, 9.17) is 9.47 Å². The van der Waals surface area contributed by atoms with Gasteiger partial charge in [-0.1, -0.05) is 13.8 Å². The standard InChI is InChI=1S/C13H7BrN2O3S.C4H8O.C2H6/c14-12-7-10-13(20-12)11(5-6-15-10)19-9-3-1-8(2-4-9)16(17)18;1-2-4-5-3-1;1-2/h1-7H;1-4H2;1-2H3. The summed E-state index contributed by atoms with van der Waals surface area (Å²) in [7, 11) is 0. The fraction of sp³-hybridized carbons (Fsp3) is 0.316. The van der Waals surface area contributed by atoms with Crippen LogP contribution in [0.25, 0.3) is 10.2 Å². The number of nitrogens with zero attached hydrogens (tertiary/aromatic N) is 2. The Kier molecular flexibility index (Phi) is 8.63. The third kappa shape index (κ3) is 6.27. The van der Waals surface area contributed by atoms with Crippen molar-refractivity contribution >= 4 is 43.2 Å². The molecule has 0 radical (unpaired) electrons. The van der Waals surface area contributed by atoms with E-state index in [1.54, 1.807) is 24.4 Å². The molecule has 0 aliphatic carbocycles. The van der Waals surface area contributed by atoms with Gasteiger partial charge in [0, 0.05) is 37.6 Å². The van der Waals surface area contributed by atoms with Gasteiger partial charge >= 0.3 is 0 Å². The molecule has 3 heterocycles. The number of non-ortho nitro benzene ring substituents is 1. The second-order valence-corrected chi connectivity index (χ2v) is 7.68. The van der Waals surface area contributed by atoms with E-state index in [0.717, 1.165) is 27.2 Å². The van der Waals surface area contributed by atoms with Crippen molar-refractivity contribution < 1.29 is 14.4 Å². The molecule has 0 amide bonds. The number of fused-ring (bicyclic) bond motifs is 1. The molecule has 1 aliphatic heterocycles. The van der Waals surface area contributed by atoms with Crippen LogP contribution in [0.1, 0.15) is 26.7 Å². The zero-order valence-corrected chi connectivity index (χ0v) is 17.6. The van der Waals surface area contributed by atoms with Gasteiger partial charge in [0.1, 0.15) is 11.5 Å². The maximum atomic E-state index is 10.6. The van der Waals surface area contributed by atoms with Gasteiger partial charge in [-0.05, 0) is 47.0 Å². The lowest BCUT2D eigenvalue weighted by molar-refractivity contribution is -0.384. The van der Waals surface area contributed by atoms with Gasteiger partial charge in [0.15, 0.2) is 0 Å². The summed E-state index contributed by atoms with van der Waals surface area (Å²) >= 11 is 4.94. The third-order valence-corrected chi connectivity index (χ3v) is 5.09. The number of halogens is 1. The normalized spacial score (nSPS) is 12.6. The predicted molar refractivity (Wildman–Crippen MR) is 112 cm³/mol. The van der Waals surface area contributed by atoms with Gasteiger partial charge in [0.25, 0.3) is 5.69 Å². The first-order valence-corrected chi connectivity index (χ1v) is 10.3. The molecule has 3 aromatic rings. The molecule has 27 heavy (non-hydrogen) atoms. The molecule has 0 atom stereocenters. The van der Waals surface area contributed by atoms with Crippen LogP contribution in [0.4, 0.5) is 5.69 Å². The molecule has 6 nitrogen and oxygen atoms in total. The Hall–Kier alpha value is -2.03. The minimum Gasteiger partial charge on any atom is -0.456 e. The van der Waals surface area contributed by atoms with Crippen LogP contribution in [0, 0.1) is 10.1 Å². The van der Waals surface area contributed by atoms with E-state index in [1.165, 1.54) is 36.3 Å². The molecule has 0 N–H and O–H groups in total. The highest BCUT2D eigenvalue weighted by molar-refractivity contribution is 9.11. The number of benzene rings is 1. The van der Waals surface area contributed by atoms with E-state index < -0.39 is 4.92 Å². The van der Waals surface area contributed by atoms with Crippen LogP contribution in [-0.4, -0.2) is 23.1 Å². The van der Waals surface area contributed by atoms with Gasteiger partial charge in [0.05, 0.1) is 18.9 Å². The quantitative estimate of drug-likeness (QED) is 0.331. The molecule has 0 spiro atoms. The first-order chi connectivity index (χ1) is 13.1. The van der Waals surface area contributed by atoms with Crippen molar-refractivity contribution in [2.75, 3.05) is 13.2 Å². The maximum Gasteiger partial charge on any atom is 0.269 e. The van der Waals surface area contributed by atoms with Crippen molar-refractivity contribution in [3.05, 3.63) is 56.5 Å². The van der Waals surface area contributed by atoms with Crippen LogP contribution < -0.4 is 4.74 Å². The largest absolute Gasteiger partial charge is 0.456 e. The summed E-state index contributed by atoms with van der Waals surface area (Å²) in [6.45, 7) is 6.00. The number of nitro groups is 1. The Balaban J connectivity index is 0.000000318. The van der Waals surface area contributed by atoms with Crippen molar-refractivity contribution in [3.63, 3.8) is 0 Å². The van der Waals surface area contributed by atoms with Crippen LogP contribution in [0.15, 0.2) is 46.4 Å². The summed E-state index contributed by atoms with van der Waals surface area (Å²) in [4.78, 5) is 14.4. The second kappa shape index (κ2) is 11.0. The minimum absolute atomic E-state index is 0.0380. The van der Waals surface area contributed by atoms with Crippen LogP contribution >= 0.6 is 27.3 Å². The van der Waals surface area contributed by atoms with E-state index in [-0.39, 0.29) is 5.69 Å². The van der Waals surface area contributed by atoms with Crippen LogP contribution in [0.2, 0.25) is 0 Å². The van der Waals surface area contributed by atoms with Crippen molar-refractivity contribution in [2.45, 2.75) is 26.7 Å². The molecular formula is C19H21BrN2O4S. The topological polar surface area (TPSA) is 74.5 Å². The first-order valence-electron chi connectivity index (χ1n) is 8.67. The molecule has 144 valence electrons. The Bertz CT molecular complexity index is 856. The zero-order chi connectivity index (χ0) is 19.6. The summed E-state index contributed by atoms with van der Waals surface area (Å²) in [6.07, 6.45) is 4.22. The molecule has 1 saturated heterocycles. The molecule has 2 aromatic heterocycles. The fourth-order valence-electron chi connectivity index (χ4n) is 2.24. The Labute approximate surface area is 170 Å². The van der Waals surface area contributed by atoms with E-state index in [0.29, 0.717) is 11.5 Å². The zero-order valence-electron chi connectivity index (χ0n) is 15.2. The summed E-state index contributed by atoms with van der Waals surface area (Å²) in [5.41, 5.74) is 0.886. The van der Waals surface area contributed by atoms with Crippen molar-refractivity contribution in [2.24, 2.45) is 0 Å². The molecule has 1 aromatic carbocycles. The number of hydrogen-bond acceptors (Lipinski definition) is 6. The van der Waals surface area contributed by atoms with Gasteiger partial charge in [-0.2, -0.15) is 0 Å². The van der Waals surface area contributed by atoms with Gasteiger partial charge in [-0.3, -0.25) is 15.1 Å². The number of pyridine rings is 1. The average Bonchev–Trinajstić information content (AvgIpc) is 3.37. The molecule has 8 heteroatoms. The van der Waals surface area contributed by atoms with E-state index in [1.807, 2.05) is 19.9 Å². The minimum atomic E-state index is -0.440. The van der Waals surface area contributed by atoms with E-state index in [9.17, 15) is 10.1 Å². The lowest BCUT2D eigenvalue weighted by atomic mass is 10.3. The monoisotopic (exact) mass is 452 g/mol. The summed E-state index contributed by atoms with van der Waals surface area (Å²) in [5, 5.41) is 10.6. The molecular weight excluding hydrogens is 432 g/mol. The SMILES string of the molecule is C1CCOC1.CC.O=[N+]([O-])c1ccc(Oc2ccnc3cc(Br)sc23)cc1. The molecule has 4 rings (SSSR count). The lowest BCUT2D eigenvalue weighted by Crippen LogP contribution is -1.88. The second-order valence-electron chi connectivity index (χ2n) is 5.25. The molecule has 0 saturated carbocycles. The van der Waals surface area contributed by atoms with Gasteiger partial charge in [-0.25, -0.2) is 0 Å². The Morgan fingerprint density at radius 3 is 2.41 bits per heavy atom. The molecule has 1 aliphatic rings. The van der Waals surface area contributed by atoms with E-state index in [2.05, 4.69) is 20.9 Å². The van der Waals surface area contributed by atoms with Crippen LogP contribution in [0.5, 0.6) is 11.5 Å². The number of ether oxygens (including phenoxy) is 2. The maximum absolute atomic E-state index is 10.6. The van der Waals surface area contributed by atoms with Crippen LogP contribution in [-0.2, 0) is 4.74 Å². The molecule has 1 fully saturated rings. The number of rotatable bonds is 3.